The second-order valence-corrected chi connectivity index (χ2v) is 8.24. The van der Waals surface area contributed by atoms with Gasteiger partial charge in [0.15, 0.2) is 11.6 Å². The van der Waals surface area contributed by atoms with Crippen LogP contribution in [0.1, 0.15) is 54.4 Å². The van der Waals surface area contributed by atoms with Gasteiger partial charge in [0.2, 0.25) is 0 Å². The van der Waals surface area contributed by atoms with Crippen LogP contribution in [0.3, 0.4) is 0 Å². The summed E-state index contributed by atoms with van der Waals surface area (Å²) in [5.74, 6) is -0.983. The third-order valence-electron chi connectivity index (χ3n) is 5.46. The first-order valence-electron chi connectivity index (χ1n) is 7.02. The standard InChI is InChI=1S/C15H26O3/c1-11(2)7-15-8-13(5,16-9-11)18-14(15,6)17-10-12(15,3)4/h7-10H2,1-6H3. The fourth-order valence-corrected chi connectivity index (χ4v) is 4.49. The maximum atomic E-state index is 6.24. The van der Waals surface area contributed by atoms with Crippen LogP contribution in [-0.4, -0.2) is 24.8 Å². The lowest BCUT2D eigenvalue weighted by Crippen LogP contribution is -2.49. The van der Waals surface area contributed by atoms with Crippen LogP contribution < -0.4 is 0 Å². The van der Waals surface area contributed by atoms with E-state index in [1.54, 1.807) is 0 Å². The molecular formula is C15H26O3. The summed E-state index contributed by atoms with van der Waals surface area (Å²) in [5, 5.41) is 0. The molecule has 3 unspecified atom stereocenters. The van der Waals surface area contributed by atoms with Gasteiger partial charge in [-0.2, -0.15) is 0 Å². The average molecular weight is 254 g/mol. The number of hydrogen-bond donors (Lipinski definition) is 0. The summed E-state index contributed by atoms with van der Waals surface area (Å²) in [7, 11) is 0. The first kappa shape index (κ1) is 12.9. The summed E-state index contributed by atoms with van der Waals surface area (Å²) in [6.07, 6.45) is 2.03. The molecule has 3 heteroatoms. The fourth-order valence-electron chi connectivity index (χ4n) is 4.49. The molecule has 3 aliphatic heterocycles. The normalized spacial score (nSPS) is 53.0. The number of fused-ring (bicyclic) bond motifs is 1. The Morgan fingerprint density at radius 3 is 2.11 bits per heavy atom. The van der Waals surface area contributed by atoms with Gasteiger partial charge in [0.1, 0.15) is 0 Å². The van der Waals surface area contributed by atoms with E-state index in [9.17, 15) is 0 Å². The zero-order valence-electron chi connectivity index (χ0n) is 12.6. The van der Waals surface area contributed by atoms with Gasteiger partial charge >= 0.3 is 0 Å². The maximum absolute atomic E-state index is 6.24. The van der Waals surface area contributed by atoms with Crippen molar-refractivity contribution in [3.63, 3.8) is 0 Å². The molecule has 0 aromatic heterocycles. The average Bonchev–Trinajstić information content (AvgIpc) is 2.46. The molecule has 3 rings (SSSR count). The van der Waals surface area contributed by atoms with E-state index in [1.165, 1.54) is 0 Å². The van der Waals surface area contributed by atoms with Crippen LogP contribution in [0.5, 0.6) is 0 Å². The molecule has 0 aromatic carbocycles. The van der Waals surface area contributed by atoms with E-state index in [2.05, 4.69) is 41.5 Å². The number of ether oxygens (including phenoxy) is 3. The monoisotopic (exact) mass is 254 g/mol. The molecule has 0 aliphatic carbocycles. The van der Waals surface area contributed by atoms with Crippen LogP contribution in [0.25, 0.3) is 0 Å². The van der Waals surface area contributed by atoms with Crippen molar-refractivity contribution in [1.82, 2.24) is 0 Å². The van der Waals surface area contributed by atoms with E-state index in [4.69, 9.17) is 14.2 Å². The summed E-state index contributed by atoms with van der Waals surface area (Å²) in [5.41, 5.74) is 0.354. The molecule has 0 saturated carbocycles. The minimum Gasteiger partial charge on any atom is -0.350 e. The molecule has 3 heterocycles. The Kier molecular flexibility index (Phi) is 2.24. The Morgan fingerprint density at radius 2 is 1.44 bits per heavy atom. The second kappa shape index (κ2) is 3.13. The smallest absolute Gasteiger partial charge is 0.175 e. The molecule has 3 atom stereocenters. The topological polar surface area (TPSA) is 27.7 Å². The molecular weight excluding hydrogens is 228 g/mol. The lowest BCUT2D eigenvalue weighted by molar-refractivity contribution is -0.320. The molecule has 0 radical (unpaired) electrons. The van der Waals surface area contributed by atoms with Crippen molar-refractivity contribution in [2.24, 2.45) is 16.2 Å². The van der Waals surface area contributed by atoms with E-state index >= 15 is 0 Å². The van der Waals surface area contributed by atoms with Crippen molar-refractivity contribution < 1.29 is 14.2 Å². The third kappa shape index (κ3) is 1.41. The van der Waals surface area contributed by atoms with Crippen molar-refractivity contribution in [2.75, 3.05) is 13.2 Å². The quantitative estimate of drug-likeness (QED) is 0.663. The zero-order valence-corrected chi connectivity index (χ0v) is 12.6. The van der Waals surface area contributed by atoms with Gasteiger partial charge in [0.05, 0.1) is 13.2 Å². The Hall–Kier alpha value is -0.120. The summed E-state index contributed by atoms with van der Waals surface area (Å²) < 4.78 is 18.4. The zero-order chi connectivity index (χ0) is 13.4. The minimum absolute atomic E-state index is 0.0503. The Balaban J connectivity index is 2.14. The van der Waals surface area contributed by atoms with Gasteiger partial charge in [0, 0.05) is 11.8 Å². The largest absolute Gasteiger partial charge is 0.350 e. The van der Waals surface area contributed by atoms with Crippen LogP contribution in [0.15, 0.2) is 0 Å². The summed E-state index contributed by atoms with van der Waals surface area (Å²) in [6.45, 7) is 14.9. The second-order valence-electron chi connectivity index (χ2n) is 8.24. The Bertz CT molecular complexity index is 389. The van der Waals surface area contributed by atoms with Crippen LogP contribution in [0.4, 0.5) is 0 Å². The molecule has 3 fully saturated rings. The van der Waals surface area contributed by atoms with E-state index in [0.717, 1.165) is 26.1 Å². The molecule has 2 bridgehead atoms. The van der Waals surface area contributed by atoms with Gasteiger partial charge in [-0.05, 0) is 31.1 Å². The van der Waals surface area contributed by atoms with E-state index in [-0.39, 0.29) is 16.2 Å². The van der Waals surface area contributed by atoms with Crippen LogP contribution in [-0.2, 0) is 14.2 Å². The fraction of sp³-hybridized carbons (Fsp3) is 1.00. The SMILES string of the molecule is CC1(C)COC2(C)CC3(C1)C(C)(C)COC3(C)O2. The minimum atomic E-state index is -0.497. The summed E-state index contributed by atoms with van der Waals surface area (Å²) >= 11 is 0. The van der Waals surface area contributed by atoms with E-state index < -0.39 is 11.6 Å². The molecule has 1 spiro atoms. The van der Waals surface area contributed by atoms with E-state index in [1.807, 2.05) is 0 Å². The summed E-state index contributed by atoms with van der Waals surface area (Å²) in [6, 6.07) is 0. The predicted octanol–water partition coefficient (Wildman–Crippen LogP) is 3.33. The van der Waals surface area contributed by atoms with Crippen LogP contribution in [0, 0.1) is 16.2 Å². The van der Waals surface area contributed by atoms with Crippen molar-refractivity contribution in [2.45, 2.75) is 66.0 Å². The van der Waals surface area contributed by atoms with Crippen LogP contribution >= 0.6 is 0 Å². The van der Waals surface area contributed by atoms with E-state index in [0.29, 0.717) is 0 Å². The van der Waals surface area contributed by atoms with Crippen molar-refractivity contribution in [1.29, 1.82) is 0 Å². The van der Waals surface area contributed by atoms with Crippen molar-refractivity contribution in [3.05, 3.63) is 0 Å². The number of rotatable bonds is 0. The molecule has 0 aromatic rings. The first-order chi connectivity index (χ1) is 8.04. The molecule has 104 valence electrons. The molecule has 3 aliphatic rings. The molecule has 0 N–H and O–H groups in total. The highest BCUT2D eigenvalue weighted by atomic mass is 16.8. The van der Waals surface area contributed by atoms with Crippen molar-refractivity contribution >= 4 is 0 Å². The Morgan fingerprint density at radius 1 is 0.778 bits per heavy atom. The number of hydrogen-bond acceptors (Lipinski definition) is 3. The molecule has 18 heavy (non-hydrogen) atoms. The van der Waals surface area contributed by atoms with Crippen molar-refractivity contribution in [3.8, 4) is 0 Å². The third-order valence-corrected chi connectivity index (χ3v) is 5.46. The highest BCUT2D eigenvalue weighted by Gasteiger charge is 2.73. The maximum Gasteiger partial charge on any atom is 0.175 e. The molecule has 3 saturated heterocycles. The Labute approximate surface area is 110 Å². The van der Waals surface area contributed by atoms with Crippen LogP contribution in [0.2, 0.25) is 0 Å². The lowest BCUT2D eigenvalue weighted by atomic mass is 9.56. The van der Waals surface area contributed by atoms with Gasteiger partial charge in [-0.3, -0.25) is 0 Å². The highest BCUT2D eigenvalue weighted by molar-refractivity contribution is 5.14. The molecule has 3 nitrogen and oxygen atoms in total. The van der Waals surface area contributed by atoms with Gasteiger partial charge in [-0.15, -0.1) is 0 Å². The van der Waals surface area contributed by atoms with Gasteiger partial charge in [-0.1, -0.05) is 27.7 Å². The first-order valence-corrected chi connectivity index (χ1v) is 7.02. The highest BCUT2D eigenvalue weighted by Crippen LogP contribution is 2.69. The summed E-state index contributed by atoms with van der Waals surface area (Å²) in [4.78, 5) is 0. The lowest BCUT2D eigenvalue weighted by Gasteiger charge is -2.46. The van der Waals surface area contributed by atoms with Gasteiger partial charge < -0.3 is 14.2 Å². The van der Waals surface area contributed by atoms with Gasteiger partial charge in [0.25, 0.3) is 0 Å². The predicted molar refractivity (Wildman–Crippen MR) is 69.0 cm³/mol. The van der Waals surface area contributed by atoms with Gasteiger partial charge in [-0.25, -0.2) is 0 Å². The molecule has 0 amide bonds.